The lowest BCUT2D eigenvalue weighted by molar-refractivity contribution is 0.0360. The van der Waals surface area contributed by atoms with Crippen molar-refractivity contribution in [2.45, 2.75) is 50.1 Å². The quantitative estimate of drug-likeness (QED) is 0.815. The molecule has 0 saturated carbocycles. The van der Waals surface area contributed by atoms with Gasteiger partial charge < -0.3 is 4.52 Å². The van der Waals surface area contributed by atoms with Gasteiger partial charge in [0.1, 0.15) is 0 Å². The Balaban J connectivity index is 1.50. The van der Waals surface area contributed by atoms with Gasteiger partial charge in [-0.25, -0.2) is 8.42 Å². The summed E-state index contributed by atoms with van der Waals surface area (Å²) in [5, 5.41) is 3.70. The van der Waals surface area contributed by atoms with Gasteiger partial charge in [0.25, 0.3) is 0 Å². The topological polar surface area (TPSA) is 66.7 Å². The van der Waals surface area contributed by atoms with Crippen molar-refractivity contribution in [1.29, 1.82) is 0 Å². The monoisotopic (exact) mass is 381 g/mol. The first-order valence-electron chi connectivity index (χ1n) is 8.74. The van der Waals surface area contributed by atoms with Crippen LogP contribution in [0.1, 0.15) is 31.1 Å². The molecular weight excluding hydrogens is 358 g/mol. The molecule has 25 heavy (non-hydrogen) atoms. The highest BCUT2D eigenvalue weighted by Gasteiger charge is 2.42. The van der Waals surface area contributed by atoms with Crippen molar-refractivity contribution in [3.05, 3.63) is 23.2 Å². The Labute approximate surface area is 152 Å². The van der Waals surface area contributed by atoms with Crippen LogP contribution in [0.25, 0.3) is 10.6 Å². The van der Waals surface area contributed by atoms with Gasteiger partial charge in [-0.3, -0.25) is 4.90 Å². The predicted molar refractivity (Wildman–Crippen MR) is 97.1 cm³/mol. The van der Waals surface area contributed by atoms with E-state index in [1.807, 2.05) is 6.92 Å². The summed E-state index contributed by atoms with van der Waals surface area (Å²) in [6.45, 7) is 6.39. The average molecular weight is 382 g/mol. The van der Waals surface area contributed by atoms with Crippen LogP contribution in [0.4, 0.5) is 0 Å². The molecule has 2 aromatic heterocycles. The maximum Gasteiger partial charge on any atom is 0.244 e. The lowest BCUT2D eigenvalue weighted by atomic mass is 9.99. The molecule has 2 saturated heterocycles. The normalized spacial score (nSPS) is 23.7. The summed E-state index contributed by atoms with van der Waals surface area (Å²) in [7, 11) is -3.44. The third kappa shape index (κ3) is 3.05. The molecule has 0 N–H and O–H groups in total. The van der Waals surface area contributed by atoms with Crippen LogP contribution < -0.4 is 0 Å². The number of hydrogen-bond donors (Lipinski definition) is 0. The van der Waals surface area contributed by atoms with Gasteiger partial charge in [0.15, 0.2) is 5.76 Å². The number of piperidine rings is 1. The third-order valence-corrected chi connectivity index (χ3v) is 8.47. The summed E-state index contributed by atoms with van der Waals surface area (Å²) < 4.78 is 32.8. The van der Waals surface area contributed by atoms with E-state index in [0.717, 1.165) is 16.3 Å². The van der Waals surface area contributed by atoms with Crippen molar-refractivity contribution < 1.29 is 12.9 Å². The number of rotatable bonds is 4. The van der Waals surface area contributed by atoms with Gasteiger partial charge in [-0.1, -0.05) is 11.6 Å². The summed E-state index contributed by atoms with van der Waals surface area (Å²) >= 11 is 1.43. The first kappa shape index (κ1) is 17.2. The van der Waals surface area contributed by atoms with E-state index < -0.39 is 10.0 Å². The van der Waals surface area contributed by atoms with Gasteiger partial charge in [-0.2, -0.15) is 4.31 Å². The van der Waals surface area contributed by atoms with Crippen LogP contribution in [0.15, 0.2) is 27.7 Å². The standard InChI is InChI=1S/C17H23N3O3S2/c1-12-5-3-4-8-20(12)14-10-19(11-14)25(21,22)17-9-16(24-13(17)2)15-6-7-18-23-15/h6-7,9,12,14H,3-5,8,10-11H2,1-2H3. The molecule has 0 aliphatic carbocycles. The number of hydrogen-bond acceptors (Lipinski definition) is 6. The van der Waals surface area contributed by atoms with Crippen molar-refractivity contribution in [2.24, 2.45) is 0 Å². The molecule has 0 aromatic carbocycles. The molecule has 2 aliphatic heterocycles. The maximum absolute atomic E-state index is 13.0. The molecule has 1 atom stereocenters. The zero-order valence-corrected chi connectivity index (χ0v) is 16.1. The van der Waals surface area contributed by atoms with Crippen molar-refractivity contribution >= 4 is 21.4 Å². The minimum atomic E-state index is -3.44. The fourth-order valence-electron chi connectivity index (χ4n) is 3.81. The van der Waals surface area contributed by atoms with Gasteiger partial charge >= 0.3 is 0 Å². The first-order valence-corrected chi connectivity index (χ1v) is 11.0. The van der Waals surface area contributed by atoms with Crippen molar-refractivity contribution in [2.75, 3.05) is 19.6 Å². The summed E-state index contributed by atoms with van der Waals surface area (Å²) in [5.41, 5.74) is 0. The number of aryl methyl sites for hydroxylation is 1. The van der Waals surface area contributed by atoms with Crippen molar-refractivity contribution in [3.8, 4) is 10.6 Å². The lowest BCUT2D eigenvalue weighted by Gasteiger charge is -2.48. The second kappa shape index (κ2) is 6.50. The minimum absolute atomic E-state index is 0.359. The van der Waals surface area contributed by atoms with Crippen LogP contribution in [-0.4, -0.2) is 54.5 Å². The highest BCUT2D eigenvalue weighted by Crippen LogP contribution is 2.36. The van der Waals surface area contributed by atoms with Crippen LogP contribution in [-0.2, 0) is 10.0 Å². The summed E-state index contributed by atoms with van der Waals surface area (Å²) in [6.07, 6.45) is 5.29. The van der Waals surface area contributed by atoms with E-state index in [-0.39, 0.29) is 0 Å². The Morgan fingerprint density at radius 2 is 2.12 bits per heavy atom. The first-order chi connectivity index (χ1) is 12.0. The molecule has 1 unspecified atom stereocenters. The van der Waals surface area contributed by atoms with Gasteiger partial charge in [0.05, 0.1) is 16.0 Å². The van der Waals surface area contributed by atoms with Crippen LogP contribution in [0.3, 0.4) is 0 Å². The van der Waals surface area contributed by atoms with Crippen LogP contribution in [0.5, 0.6) is 0 Å². The molecule has 0 amide bonds. The molecule has 4 heterocycles. The number of nitrogens with zero attached hydrogens (tertiary/aromatic N) is 3. The summed E-state index contributed by atoms with van der Waals surface area (Å²) in [4.78, 5) is 4.47. The van der Waals surface area contributed by atoms with Crippen molar-refractivity contribution in [1.82, 2.24) is 14.4 Å². The van der Waals surface area contributed by atoms with Gasteiger partial charge in [-0.15, -0.1) is 11.3 Å². The van der Waals surface area contributed by atoms with Crippen LogP contribution in [0, 0.1) is 6.92 Å². The number of sulfonamides is 1. The predicted octanol–water partition coefficient (Wildman–Crippen LogP) is 2.96. The number of likely N-dealkylation sites (tertiary alicyclic amines) is 1. The van der Waals surface area contributed by atoms with E-state index >= 15 is 0 Å². The molecule has 4 rings (SSSR count). The van der Waals surface area contributed by atoms with Crippen LogP contribution >= 0.6 is 11.3 Å². The Bertz CT molecular complexity index is 839. The van der Waals surface area contributed by atoms with E-state index in [1.165, 1.54) is 30.6 Å². The van der Waals surface area contributed by atoms with E-state index in [4.69, 9.17) is 4.52 Å². The molecule has 2 aromatic rings. The largest absolute Gasteiger partial charge is 0.355 e. The summed E-state index contributed by atoms with van der Waals surface area (Å²) in [5.74, 6) is 0.609. The Morgan fingerprint density at radius 3 is 2.80 bits per heavy atom. The molecule has 6 nitrogen and oxygen atoms in total. The smallest absolute Gasteiger partial charge is 0.244 e. The highest BCUT2D eigenvalue weighted by atomic mass is 32.2. The van der Waals surface area contributed by atoms with Gasteiger partial charge in [-0.05, 0) is 39.3 Å². The second-order valence-corrected chi connectivity index (χ2v) is 10.1. The maximum atomic E-state index is 13.0. The lowest BCUT2D eigenvalue weighted by Crippen LogP contribution is -2.63. The van der Waals surface area contributed by atoms with Crippen LogP contribution in [0.2, 0.25) is 0 Å². The fourth-order valence-corrected chi connectivity index (χ4v) is 6.84. The average Bonchev–Trinajstić information content (AvgIpc) is 3.16. The fraction of sp³-hybridized carbons (Fsp3) is 0.588. The molecule has 2 aliphatic rings. The number of thiophene rings is 1. The zero-order chi connectivity index (χ0) is 17.6. The SMILES string of the molecule is Cc1sc(-c2ccno2)cc1S(=O)(=O)N1CC(N2CCCCC2C)C1. The Kier molecular flexibility index (Phi) is 4.47. The molecule has 2 fully saturated rings. The highest BCUT2D eigenvalue weighted by molar-refractivity contribution is 7.89. The number of aromatic nitrogens is 1. The molecule has 0 spiro atoms. The molecule has 8 heteroatoms. The molecule has 0 radical (unpaired) electrons. The Hall–Kier alpha value is -1.22. The zero-order valence-electron chi connectivity index (χ0n) is 14.5. The van der Waals surface area contributed by atoms with Gasteiger partial charge in [0.2, 0.25) is 10.0 Å². The molecule has 0 bridgehead atoms. The Morgan fingerprint density at radius 1 is 1.32 bits per heavy atom. The van der Waals surface area contributed by atoms with Gasteiger partial charge in [0, 0.05) is 36.1 Å². The van der Waals surface area contributed by atoms with E-state index in [1.54, 1.807) is 22.6 Å². The molecule has 136 valence electrons. The van der Waals surface area contributed by atoms with E-state index in [9.17, 15) is 8.42 Å². The minimum Gasteiger partial charge on any atom is -0.355 e. The second-order valence-electron chi connectivity index (χ2n) is 6.97. The van der Waals surface area contributed by atoms with Crippen molar-refractivity contribution in [3.63, 3.8) is 0 Å². The summed E-state index contributed by atoms with van der Waals surface area (Å²) in [6, 6.07) is 4.38. The van der Waals surface area contributed by atoms with E-state index in [2.05, 4.69) is 17.0 Å². The molecular formula is C17H23N3O3S2. The van der Waals surface area contributed by atoms with E-state index in [0.29, 0.717) is 35.8 Å². The third-order valence-electron chi connectivity index (χ3n) is 5.32.